The van der Waals surface area contributed by atoms with E-state index in [9.17, 15) is 4.79 Å². The minimum atomic E-state index is -0.414. The number of carbonyl (C=O) groups excluding carboxylic acids is 1. The maximum Gasteiger partial charge on any atom is 0.237 e. The van der Waals surface area contributed by atoms with Crippen LogP contribution in [-0.2, 0) is 9.53 Å². The second kappa shape index (κ2) is 8.73. The first-order chi connectivity index (χ1) is 7.68. The molecule has 0 aliphatic heterocycles. The fourth-order valence-corrected chi connectivity index (χ4v) is 1.84. The Hall–Kier alpha value is -0.320. The number of carbonyl (C=O) groups is 1. The van der Waals surface area contributed by atoms with Crippen LogP contribution in [0.4, 0.5) is 0 Å². The molecule has 4 nitrogen and oxygen atoms in total. The summed E-state index contributed by atoms with van der Waals surface area (Å²) >= 11 is 0. The summed E-state index contributed by atoms with van der Waals surface area (Å²) in [6.45, 7) is 10.1. The highest BCUT2D eigenvalue weighted by molar-refractivity contribution is 5.85. The molecule has 1 unspecified atom stereocenters. The van der Waals surface area contributed by atoms with E-state index in [1.54, 1.807) is 7.11 Å². The molecule has 0 aliphatic carbocycles. The predicted octanol–water partition coefficient (Wildman–Crippen LogP) is 2.10. The number of ether oxygens (including phenoxy) is 1. The van der Waals surface area contributed by atoms with E-state index in [0.29, 0.717) is 12.3 Å². The third-order valence-corrected chi connectivity index (χ3v) is 2.80. The maximum absolute atomic E-state index is 11.8. The topological polar surface area (TPSA) is 64.3 Å². The van der Waals surface area contributed by atoms with Crippen LogP contribution < -0.4 is 11.1 Å². The molecule has 5 heteroatoms. The van der Waals surface area contributed by atoms with Crippen LogP contribution in [0.2, 0.25) is 0 Å². The van der Waals surface area contributed by atoms with Crippen LogP contribution in [0.5, 0.6) is 0 Å². The molecule has 0 aliphatic rings. The molecule has 3 N–H and O–H groups in total. The van der Waals surface area contributed by atoms with E-state index >= 15 is 0 Å². The van der Waals surface area contributed by atoms with Crippen LogP contribution >= 0.6 is 12.4 Å². The quantitative estimate of drug-likeness (QED) is 0.751. The number of hydrogen-bond acceptors (Lipinski definition) is 3. The summed E-state index contributed by atoms with van der Waals surface area (Å²) < 4.78 is 5.33. The summed E-state index contributed by atoms with van der Waals surface area (Å²) in [4.78, 5) is 11.8. The summed E-state index contributed by atoms with van der Waals surface area (Å²) in [5, 5.41) is 2.93. The number of nitrogens with one attached hydrogen (secondary N) is 1. The lowest BCUT2D eigenvalue weighted by Crippen LogP contribution is -2.47. The van der Waals surface area contributed by atoms with E-state index in [4.69, 9.17) is 10.5 Å². The van der Waals surface area contributed by atoms with Crippen LogP contribution in [0, 0.1) is 5.92 Å². The molecule has 1 amide bonds. The molecule has 0 aromatic carbocycles. The van der Waals surface area contributed by atoms with Gasteiger partial charge in [-0.05, 0) is 39.5 Å². The Balaban J connectivity index is 0. The zero-order chi connectivity index (χ0) is 13.6. The molecule has 0 fully saturated rings. The highest BCUT2D eigenvalue weighted by atomic mass is 35.5. The van der Waals surface area contributed by atoms with E-state index in [-0.39, 0.29) is 30.0 Å². The van der Waals surface area contributed by atoms with E-state index in [2.05, 4.69) is 19.2 Å². The molecular weight excluding hydrogens is 252 g/mol. The summed E-state index contributed by atoms with van der Waals surface area (Å²) in [5.41, 5.74) is 5.59. The van der Waals surface area contributed by atoms with Crippen molar-refractivity contribution in [2.45, 2.75) is 65.1 Å². The number of rotatable bonds is 7. The minimum absolute atomic E-state index is 0. The summed E-state index contributed by atoms with van der Waals surface area (Å²) in [6.07, 6.45) is 1.48. The molecule has 0 aromatic heterocycles. The van der Waals surface area contributed by atoms with E-state index < -0.39 is 6.04 Å². The maximum atomic E-state index is 11.8. The highest BCUT2D eigenvalue weighted by Crippen LogP contribution is 2.15. The van der Waals surface area contributed by atoms with Crippen molar-refractivity contribution in [2.24, 2.45) is 11.7 Å². The lowest BCUT2D eigenvalue weighted by Gasteiger charge is -2.27. The SMILES string of the molecule is COC(C)(C)CC(C)NC(=O)[C@@H](N)CC(C)C.Cl. The lowest BCUT2D eigenvalue weighted by atomic mass is 9.99. The smallest absolute Gasteiger partial charge is 0.237 e. The first-order valence-corrected chi connectivity index (χ1v) is 6.29. The molecule has 2 atom stereocenters. The average Bonchev–Trinajstić information content (AvgIpc) is 2.15. The molecule has 0 heterocycles. The van der Waals surface area contributed by atoms with E-state index in [0.717, 1.165) is 6.42 Å². The first kappa shape index (κ1) is 20.0. The van der Waals surface area contributed by atoms with Gasteiger partial charge in [0.25, 0.3) is 0 Å². The van der Waals surface area contributed by atoms with Crippen LogP contribution in [0.3, 0.4) is 0 Å². The van der Waals surface area contributed by atoms with Crippen molar-refractivity contribution in [2.75, 3.05) is 7.11 Å². The van der Waals surface area contributed by atoms with Crippen molar-refractivity contribution in [3.63, 3.8) is 0 Å². The molecular formula is C13H29ClN2O2. The fourth-order valence-electron chi connectivity index (χ4n) is 1.84. The van der Waals surface area contributed by atoms with Gasteiger partial charge < -0.3 is 15.8 Å². The van der Waals surface area contributed by atoms with Gasteiger partial charge in [-0.2, -0.15) is 0 Å². The molecule has 0 bridgehead atoms. The zero-order valence-electron chi connectivity index (χ0n) is 12.4. The van der Waals surface area contributed by atoms with Crippen LogP contribution in [-0.4, -0.2) is 30.7 Å². The lowest BCUT2D eigenvalue weighted by molar-refractivity contribution is -0.123. The Morgan fingerprint density at radius 2 is 1.83 bits per heavy atom. The van der Waals surface area contributed by atoms with Crippen molar-refractivity contribution >= 4 is 18.3 Å². The molecule has 0 aromatic rings. The second-order valence-electron chi connectivity index (χ2n) is 5.81. The number of methoxy groups -OCH3 is 1. The van der Waals surface area contributed by atoms with Crippen LogP contribution in [0.1, 0.15) is 47.5 Å². The average molecular weight is 281 g/mol. The Kier molecular flexibility index (Phi) is 9.70. The van der Waals surface area contributed by atoms with Crippen molar-refractivity contribution in [3.8, 4) is 0 Å². The van der Waals surface area contributed by atoms with Gasteiger partial charge >= 0.3 is 0 Å². The summed E-state index contributed by atoms with van der Waals surface area (Å²) in [6, 6.07) is -0.348. The van der Waals surface area contributed by atoms with Gasteiger partial charge in [0.05, 0.1) is 11.6 Å². The standard InChI is InChI=1S/C13H28N2O2.ClH/c1-9(2)7-11(14)12(16)15-10(3)8-13(4,5)17-6;/h9-11H,7-8,14H2,1-6H3,(H,15,16);1H/t10?,11-;/m0./s1. The summed E-state index contributed by atoms with van der Waals surface area (Å²) in [5.74, 6) is 0.361. The van der Waals surface area contributed by atoms with Gasteiger partial charge in [0.1, 0.15) is 0 Å². The van der Waals surface area contributed by atoms with Gasteiger partial charge in [-0.25, -0.2) is 0 Å². The number of hydrogen-bond donors (Lipinski definition) is 2. The van der Waals surface area contributed by atoms with Crippen molar-refractivity contribution < 1.29 is 9.53 Å². The zero-order valence-corrected chi connectivity index (χ0v) is 13.3. The Labute approximate surface area is 117 Å². The van der Waals surface area contributed by atoms with E-state index in [1.807, 2.05) is 20.8 Å². The minimum Gasteiger partial charge on any atom is -0.379 e. The Morgan fingerprint density at radius 1 is 1.33 bits per heavy atom. The third-order valence-electron chi connectivity index (χ3n) is 2.80. The third kappa shape index (κ3) is 8.72. The monoisotopic (exact) mass is 280 g/mol. The van der Waals surface area contributed by atoms with Gasteiger partial charge in [-0.3, -0.25) is 4.79 Å². The van der Waals surface area contributed by atoms with Gasteiger partial charge in [0.2, 0.25) is 5.91 Å². The van der Waals surface area contributed by atoms with Crippen molar-refractivity contribution in [1.29, 1.82) is 0 Å². The first-order valence-electron chi connectivity index (χ1n) is 6.29. The van der Waals surface area contributed by atoms with Crippen LogP contribution in [0.25, 0.3) is 0 Å². The summed E-state index contributed by atoms with van der Waals surface area (Å²) in [7, 11) is 1.68. The molecule has 0 spiro atoms. The molecule has 0 saturated heterocycles. The van der Waals surface area contributed by atoms with Gasteiger partial charge in [-0.15, -0.1) is 12.4 Å². The molecule has 0 radical (unpaired) electrons. The normalized spacial score (nSPS) is 14.9. The molecule has 110 valence electrons. The molecule has 0 saturated carbocycles. The molecule has 0 rings (SSSR count). The largest absolute Gasteiger partial charge is 0.379 e. The fraction of sp³-hybridized carbons (Fsp3) is 0.923. The van der Waals surface area contributed by atoms with Crippen LogP contribution in [0.15, 0.2) is 0 Å². The van der Waals surface area contributed by atoms with Gasteiger partial charge in [0, 0.05) is 13.2 Å². The van der Waals surface area contributed by atoms with E-state index in [1.165, 1.54) is 0 Å². The van der Waals surface area contributed by atoms with Gasteiger partial charge in [0.15, 0.2) is 0 Å². The number of amides is 1. The Morgan fingerprint density at radius 3 is 2.22 bits per heavy atom. The van der Waals surface area contributed by atoms with Gasteiger partial charge in [-0.1, -0.05) is 13.8 Å². The van der Waals surface area contributed by atoms with Crippen molar-refractivity contribution in [3.05, 3.63) is 0 Å². The Bertz CT molecular complexity index is 245. The highest BCUT2D eigenvalue weighted by Gasteiger charge is 2.23. The second-order valence-corrected chi connectivity index (χ2v) is 5.81. The van der Waals surface area contributed by atoms with Crippen molar-refractivity contribution in [1.82, 2.24) is 5.32 Å². The molecule has 18 heavy (non-hydrogen) atoms. The number of nitrogens with two attached hydrogens (primary N) is 1. The number of halogens is 1. The predicted molar refractivity (Wildman–Crippen MR) is 78.0 cm³/mol.